The summed E-state index contributed by atoms with van der Waals surface area (Å²) in [6.45, 7) is 5.05. The molecule has 1 unspecified atom stereocenters. The van der Waals surface area contributed by atoms with Gasteiger partial charge in [0.15, 0.2) is 0 Å². The van der Waals surface area contributed by atoms with Gasteiger partial charge in [0.05, 0.1) is 11.6 Å². The molecule has 1 fully saturated rings. The maximum Gasteiger partial charge on any atom is 0.240 e. The topological polar surface area (TPSA) is 41.1 Å². The van der Waals surface area contributed by atoms with Gasteiger partial charge in [0.25, 0.3) is 0 Å². The molecular weight excluding hydrogens is 272 g/mol. The maximum atomic E-state index is 12.6. The molecule has 3 nitrogen and oxygen atoms in total. The molecule has 1 aromatic rings. The Morgan fingerprint density at radius 2 is 2.35 bits per heavy atom. The predicted octanol–water partition coefficient (Wildman–Crippen LogP) is 3.44. The third-order valence-corrected chi connectivity index (χ3v) is 4.29. The molecule has 0 radical (unpaired) electrons. The lowest BCUT2D eigenvalue weighted by molar-refractivity contribution is -0.128. The molecule has 0 spiro atoms. The SMILES string of the molecule is CCCC1(C(=O)N[C@H](C)c2cccc(Cl)c2)CCCN1. The van der Waals surface area contributed by atoms with Crippen LogP contribution < -0.4 is 10.6 Å². The highest BCUT2D eigenvalue weighted by molar-refractivity contribution is 6.30. The van der Waals surface area contributed by atoms with Crippen LogP contribution in [-0.4, -0.2) is 18.0 Å². The molecule has 20 heavy (non-hydrogen) atoms. The third-order valence-electron chi connectivity index (χ3n) is 4.05. The largest absolute Gasteiger partial charge is 0.348 e. The molecule has 4 heteroatoms. The summed E-state index contributed by atoms with van der Waals surface area (Å²) in [5, 5.41) is 7.23. The van der Waals surface area contributed by atoms with Crippen molar-refractivity contribution in [3.05, 3.63) is 34.9 Å². The van der Waals surface area contributed by atoms with Crippen molar-refractivity contribution in [2.45, 2.75) is 51.1 Å². The Kier molecular flexibility index (Phi) is 5.06. The van der Waals surface area contributed by atoms with Crippen LogP contribution >= 0.6 is 11.6 Å². The molecule has 2 N–H and O–H groups in total. The van der Waals surface area contributed by atoms with Gasteiger partial charge in [-0.2, -0.15) is 0 Å². The molecule has 1 amide bonds. The number of carbonyl (C=O) groups excluding carboxylic acids is 1. The number of benzene rings is 1. The zero-order chi connectivity index (χ0) is 14.6. The van der Waals surface area contributed by atoms with E-state index in [2.05, 4.69) is 17.6 Å². The molecule has 2 atom stereocenters. The van der Waals surface area contributed by atoms with Gasteiger partial charge >= 0.3 is 0 Å². The Labute approximate surface area is 126 Å². The van der Waals surface area contributed by atoms with Crippen LogP contribution in [0.2, 0.25) is 5.02 Å². The zero-order valence-electron chi connectivity index (χ0n) is 12.2. The molecule has 1 aliphatic rings. The molecular formula is C16H23ClN2O. The third kappa shape index (κ3) is 3.33. The number of nitrogens with one attached hydrogen (secondary N) is 2. The van der Waals surface area contributed by atoms with Crippen LogP contribution in [0.1, 0.15) is 51.1 Å². The molecule has 1 aliphatic heterocycles. The summed E-state index contributed by atoms with van der Waals surface area (Å²) in [5.41, 5.74) is 0.664. The van der Waals surface area contributed by atoms with Crippen molar-refractivity contribution >= 4 is 17.5 Å². The maximum absolute atomic E-state index is 12.6. The van der Waals surface area contributed by atoms with Gasteiger partial charge in [-0.3, -0.25) is 4.79 Å². The fourth-order valence-corrected chi connectivity index (χ4v) is 3.15. The molecule has 1 heterocycles. The van der Waals surface area contributed by atoms with Gasteiger partial charge < -0.3 is 10.6 Å². The lowest BCUT2D eigenvalue weighted by Crippen LogP contribution is -2.53. The number of hydrogen-bond donors (Lipinski definition) is 2. The fourth-order valence-electron chi connectivity index (χ4n) is 2.95. The normalized spacial score (nSPS) is 23.6. The standard InChI is InChI=1S/C16H23ClN2O/c1-3-8-16(9-5-10-18-16)15(20)19-12(2)13-6-4-7-14(17)11-13/h4,6-7,11-12,18H,3,5,8-10H2,1-2H3,(H,19,20)/t12-,16?/m1/s1. The second-order valence-electron chi connectivity index (χ2n) is 5.61. The van der Waals surface area contributed by atoms with E-state index in [9.17, 15) is 4.79 Å². The van der Waals surface area contributed by atoms with E-state index in [0.29, 0.717) is 5.02 Å². The van der Waals surface area contributed by atoms with Crippen LogP contribution in [0.25, 0.3) is 0 Å². The van der Waals surface area contributed by atoms with E-state index in [4.69, 9.17) is 11.6 Å². The van der Waals surface area contributed by atoms with Crippen molar-refractivity contribution in [2.24, 2.45) is 0 Å². The van der Waals surface area contributed by atoms with E-state index in [0.717, 1.165) is 37.8 Å². The number of hydrogen-bond acceptors (Lipinski definition) is 2. The first kappa shape index (κ1) is 15.3. The zero-order valence-corrected chi connectivity index (χ0v) is 13.0. The van der Waals surface area contributed by atoms with E-state index >= 15 is 0 Å². The minimum absolute atomic E-state index is 0.0302. The minimum Gasteiger partial charge on any atom is -0.348 e. The van der Waals surface area contributed by atoms with Gasteiger partial charge in [-0.05, 0) is 50.4 Å². The highest BCUT2D eigenvalue weighted by atomic mass is 35.5. The molecule has 0 saturated carbocycles. The molecule has 110 valence electrons. The van der Waals surface area contributed by atoms with Crippen molar-refractivity contribution < 1.29 is 4.79 Å². The number of rotatable bonds is 5. The van der Waals surface area contributed by atoms with E-state index in [1.807, 2.05) is 31.2 Å². The van der Waals surface area contributed by atoms with Crippen molar-refractivity contribution in [1.82, 2.24) is 10.6 Å². The van der Waals surface area contributed by atoms with Gasteiger partial charge in [0.1, 0.15) is 0 Å². The summed E-state index contributed by atoms with van der Waals surface area (Å²) in [6, 6.07) is 7.62. The van der Waals surface area contributed by atoms with Crippen molar-refractivity contribution in [3.63, 3.8) is 0 Å². The van der Waals surface area contributed by atoms with E-state index < -0.39 is 0 Å². The lowest BCUT2D eigenvalue weighted by atomic mass is 9.90. The molecule has 0 bridgehead atoms. The van der Waals surface area contributed by atoms with Gasteiger partial charge in [0, 0.05) is 5.02 Å². The van der Waals surface area contributed by atoms with Gasteiger partial charge in [-0.25, -0.2) is 0 Å². The number of amides is 1. The van der Waals surface area contributed by atoms with Crippen molar-refractivity contribution in [2.75, 3.05) is 6.54 Å². The molecule has 1 aromatic carbocycles. The first-order chi connectivity index (χ1) is 9.57. The van der Waals surface area contributed by atoms with E-state index in [1.54, 1.807) is 0 Å². The molecule has 1 saturated heterocycles. The highest BCUT2D eigenvalue weighted by Crippen LogP contribution is 2.26. The average Bonchev–Trinajstić information content (AvgIpc) is 2.89. The average molecular weight is 295 g/mol. The van der Waals surface area contributed by atoms with Crippen LogP contribution in [-0.2, 0) is 4.79 Å². The predicted molar refractivity (Wildman–Crippen MR) is 82.9 cm³/mol. The highest BCUT2D eigenvalue weighted by Gasteiger charge is 2.40. The summed E-state index contributed by atoms with van der Waals surface area (Å²) in [7, 11) is 0. The van der Waals surface area contributed by atoms with Gasteiger partial charge in [0.2, 0.25) is 5.91 Å². The molecule has 0 aliphatic carbocycles. The number of halogens is 1. The Bertz CT molecular complexity index is 469. The summed E-state index contributed by atoms with van der Waals surface area (Å²) in [5.74, 6) is 0.115. The summed E-state index contributed by atoms with van der Waals surface area (Å²) < 4.78 is 0. The van der Waals surface area contributed by atoms with E-state index in [1.165, 1.54) is 0 Å². The first-order valence-corrected chi connectivity index (χ1v) is 7.76. The first-order valence-electron chi connectivity index (χ1n) is 7.39. The smallest absolute Gasteiger partial charge is 0.240 e. The summed E-state index contributed by atoms with van der Waals surface area (Å²) in [4.78, 5) is 12.6. The Morgan fingerprint density at radius 3 is 2.95 bits per heavy atom. The van der Waals surface area contributed by atoms with Crippen LogP contribution in [0.4, 0.5) is 0 Å². The minimum atomic E-state index is -0.373. The van der Waals surface area contributed by atoms with Gasteiger partial charge in [-0.1, -0.05) is 37.1 Å². The monoisotopic (exact) mass is 294 g/mol. The summed E-state index contributed by atoms with van der Waals surface area (Å²) >= 11 is 6.00. The molecule has 0 aromatic heterocycles. The second-order valence-corrected chi connectivity index (χ2v) is 6.05. The van der Waals surface area contributed by atoms with Crippen molar-refractivity contribution in [1.29, 1.82) is 0 Å². The quantitative estimate of drug-likeness (QED) is 0.873. The van der Waals surface area contributed by atoms with Crippen LogP contribution in [0, 0.1) is 0 Å². The Balaban J connectivity index is 2.06. The van der Waals surface area contributed by atoms with Crippen LogP contribution in [0.3, 0.4) is 0 Å². The lowest BCUT2D eigenvalue weighted by Gasteiger charge is -2.29. The Morgan fingerprint density at radius 1 is 1.55 bits per heavy atom. The van der Waals surface area contributed by atoms with Crippen LogP contribution in [0.15, 0.2) is 24.3 Å². The number of carbonyl (C=O) groups is 1. The Hall–Kier alpha value is -1.06. The van der Waals surface area contributed by atoms with Crippen LogP contribution in [0.5, 0.6) is 0 Å². The fraction of sp³-hybridized carbons (Fsp3) is 0.562. The second kappa shape index (κ2) is 6.59. The summed E-state index contributed by atoms with van der Waals surface area (Å²) in [6.07, 6.45) is 3.89. The van der Waals surface area contributed by atoms with Gasteiger partial charge in [-0.15, -0.1) is 0 Å². The van der Waals surface area contributed by atoms with E-state index in [-0.39, 0.29) is 17.5 Å². The molecule has 2 rings (SSSR count). The van der Waals surface area contributed by atoms with Crippen molar-refractivity contribution in [3.8, 4) is 0 Å².